The summed E-state index contributed by atoms with van der Waals surface area (Å²) in [6, 6.07) is 0. The molecule has 1 amide bonds. The van der Waals surface area contributed by atoms with Crippen molar-refractivity contribution in [1.29, 1.82) is 0 Å². The first kappa shape index (κ1) is 11.8. The molecular formula is C14H19N3OS. The molecule has 0 unspecified atom stereocenters. The van der Waals surface area contributed by atoms with Gasteiger partial charge in [0.15, 0.2) is 0 Å². The normalized spacial score (nSPS) is 39.5. The maximum absolute atomic E-state index is 12.4. The molecule has 0 spiro atoms. The zero-order valence-electron chi connectivity index (χ0n) is 11.2. The van der Waals surface area contributed by atoms with Gasteiger partial charge in [-0.2, -0.15) is 0 Å². The molecule has 5 heteroatoms. The van der Waals surface area contributed by atoms with Crippen molar-refractivity contribution < 1.29 is 4.79 Å². The van der Waals surface area contributed by atoms with E-state index in [2.05, 4.69) is 14.9 Å². The van der Waals surface area contributed by atoms with Gasteiger partial charge in [0.1, 0.15) is 4.88 Å². The van der Waals surface area contributed by atoms with E-state index in [9.17, 15) is 4.79 Å². The fourth-order valence-electron chi connectivity index (χ4n) is 5.00. The van der Waals surface area contributed by atoms with E-state index in [0.717, 1.165) is 23.4 Å². The molecule has 4 aliphatic rings. The average molecular weight is 277 g/mol. The Hall–Kier alpha value is -0.970. The molecule has 4 bridgehead atoms. The van der Waals surface area contributed by atoms with Crippen LogP contribution in [0.25, 0.3) is 0 Å². The van der Waals surface area contributed by atoms with Crippen LogP contribution in [-0.2, 0) is 0 Å². The standard InChI is InChI=1S/C14H19N3OS/c1-8-12(19-17-16-8)13(18)15-14-5-9-2-10(6-14)4-11(3-9)7-14/h9-11H,2-7H2,1H3,(H,15,18). The highest BCUT2D eigenvalue weighted by atomic mass is 32.1. The molecule has 4 saturated carbocycles. The number of amides is 1. The van der Waals surface area contributed by atoms with Crippen molar-refractivity contribution >= 4 is 17.4 Å². The molecular weight excluding hydrogens is 258 g/mol. The molecule has 102 valence electrons. The van der Waals surface area contributed by atoms with Gasteiger partial charge in [0, 0.05) is 5.54 Å². The summed E-state index contributed by atoms with van der Waals surface area (Å²) in [7, 11) is 0. The summed E-state index contributed by atoms with van der Waals surface area (Å²) in [6.45, 7) is 1.86. The highest BCUT2D eigenvalue weighted by Gasteiger charge is 2.51. The summed E-state index contributed by atoms with van der Waals surface area (Å²) in [5.41, 5.74) is 0.842. The molecule has 0 saturated heterocycles. The van der Waals surface area contributed by atoms with Crippen LogP contribution in [-0.4, -0.2) is 21.0 Å². The number of rotatable bonds is 2. The fraction of sp³-hybridized carbons (Fsp3) is 0.786. The van der Waals surface area contributed by atoms with E-state index in [-0.39, 0.29) is 11.4 Å². The summed E-state index contributed by atoms with van der Waals surface area (Å²) >= 11 is 1.21. The number of nitrogens with zero attached hydrogens (tertiary/aromatic N) is 2. The number of hydrogen-bond acceptors (Lipinski definition) is 4. The molecule has 19 heavy (non-hydrogen) atoms. The van der Waals surface area contributed by atoms with E-state index in [1.165, 1.54) is 50.1 Å². The monoisotopic (exact) mass is 277 g/mol. The Bertz CT molecular complexity index is 489. The molecule has 5 rings (SSSR count). The Balaban J connectivity index is 1.56. The van der Waals surface area contributed by atoms with Crippen molar-refractivity contribution in [3.05, 3.63) is 10.6 Å². The highest BCUT2D eigenvalue weighted by molar-refractivity contribution is 7.08. The van der Waals surface area contributed by atoms with Gasteiger partial charge in [0.2, 0.25) is 0 Å². The Morgan fingerprint density at radius 3 is 2.26 bits per heavy atom. The minimum Gasteiger partial charge on any atom is -0.346 e. The summed E-state index contributed by atoms with van der Waals surface area (Å²) in [6.07, 6.45) is 7.77. The Morgan fingerprint density at radius 2 is 1.79 bits per heavy atom. The third-order valence-electron chi connectivity index (χ3n) is 5.27. The molecule has 1 aromatic heterocycles. The third-order valence-corrected chi connectivity index (χ3v) is 6.10. The van der Waals surface area contributed by atoms with Crippen LogP contribution in [0.1, 0.15) is 53.9 Å². The first-order valence-corrected chi connectivity index (χ1v) is 8.02. The number of aryl methyl sites for hydroxylation is 1. The van der Waals surface area contributed by atoms with Gasteiger partial charge in [-0.1, -0.05) is 4.49 Å². The summed E-state index contributed by atoms with van der Waals surface area (Å²) in [5, 5.41) is 7.30. The average Bonchev–Trinajstić information content (AvgIpc) is 2.72. The predicted molar refractivity (Wildman–Crippen MR) is 73.0 cm³/mol. The Labute approximate surface area is 117 Å². The van der Waals surface area contributed by atoms with E-state index in [1.807, 2.05) is 6.92 Å². The first-order chi connectivity index (χ1) is 9.13. The van der Waals surface area contributed by atoms with E-state index >= 15 is 0 Å². The molecule has 0 aliphatic heterocycles. The van der Waals surface area contributed by atoms with E-state index < -0.39 is 0 Å². The third kappa shape index (κ3) is 1.90. The van der Waals surface area contributed by atoms with Crippen molar-refractivity contribution in [2.24, 2.45) is 17.8 Å². The van der Waals surface area contributed by atoms with Crippen LogP contribution in [0.5, 0.6) is 0 Å². The fourth-order valence-corrected chi connectivity index (χ4v) is 5.55. The van der Waals surface area contributed by atoms with Crippen LogP contribution in [0, 0.1) is 24.7 Å². The van der Waals surface area contributed by atoms with Crippen molar-refractivity contribution in [3.8, 4) is 0 Å². The zero-order valence-corrected chi connectivity index (χ0v) is 12.0. The quantitative estimate of drug-likeness (QED) is 0.904. The number of nitrogens with one attached hydrogen (secondary N) is 1. The first-order valence-electron chi connectivity index (χ1n) is 7.25. The smallest absolute Gasteiger partial charge is 0.265 e. The van der Waals surface area contributed by atoms with Gasteiger partial charge in [0.25, 0.3) is 5.91 Å². The molecule has 4 aliphatic carbocycles. The van der Waals surface area contributed by atoms with E-state index in [4.69, 9.17) is 0 Å². The Kier molecular flexibility index (Phi) is 2.50. The second-order valence-electron chi connectivity index (χ2n) is 6.84. The largest absolute Gasteiger partial charge is 0.346 e. The molecule has 1 aromatic rings. The Morgan fingerprint density at radius 1 is 1.21 bits per heavy atom. The molecule has 1 heterocycles. The van der Waals surface area contributed by atoms with Gasteiger partial charge >= 0.3 is 0 Å². The lowest BCUT2D eigenvalue weighted by Gasteiger charge is -2.56. The number of carbonyl (C=O) groups is 1. The van der Waals surface area contributed by atoms with E-state index in [0.29, 0.717) is 4.88 Å². The number of carbonyl (C=O) groups excluding carboxylic acids is 1. The van der Waals surface area contributed by atoms with Gasteiger partial charge < -0.3 is 5.32 Å². The van der Waals surface area contributed by atoms with Crippen LogP contribution < -0.4 is 5.32 Å². The number of hydrogen-bond donors (Lipinski definition) is 1. The van der Waals surface area contributed by atoms with Gasteiger partial charge in [-0.05, 0) is 74.7 Å². The van der Waals surface area contributed by atoms with Crippen LogP contribution in [0.2, 0.25) is 0 Å². The maximum Gasteiger partial charge on any atom is 0.265 e. The van der Waals surface area contributed by atoms with Crippen LogP contribution >= 0.6 is 11.5 Å². The van der Waals surface area contributed by atoms with Crippen molar-refractivity contribution in [2.45, 2.75) is 51.0 Å². The van der Waals surface area contributed by atoms with Gasteiger partial charge in [-0.3, -0.25) is 4.79 Å². The number of aromatic nitrogens is 2. The SMILES string of the molecule is Cc1nnsc1C(=O)NC12CC3CC(CC(C3)C1)C2. The molecule has 4 fully saturated rings. The van der Waals surface area contributed by atoms with Crippen LogP contribution in [0.3, 0.4) is 0 Å². The second-order valence-corrected chi connectivity index (χ2v) is 7.59. The van der Waals surface area contributed by atoms with E-state index in [1.54, 1.807) is 0 Å². The minimum absolute atomic E-state index is 0.0504. The van der Waals surface area contributed by atoms with Crippen molar-refractivity contribution in [2.75, 3.05) is 0 Å². The zero-order chi connectivity index (χ0) is 13.0. The van der Waals surface area contributed by atoms with Crippen LogP contribution in [0.15, 0.2) is 0 Å². The lowest BCUT2D eigenvalue weighted by atomic mass is 9.53. The summed E-state index contributed by atoms with van der Waals surface area (Å²) in [4.78, 5) is 13.1. The molecule has 0 radical (unpaired) electrons. The van der Waals surface area contributed by atoms with Crippen LogP contribution in [0.4, 0.5) is 0 Å². The van der Waals surface area contributed by atoms with Crippen molar-refractivity contribution in [3.63, 3.8) is 0 Å². The summed E-state index contributed by atoms with van der Waals surface area (Å²) in [5.74, 6) is 2.61. The summed E-state index contributed by atoms with van der Waals surface area (Å²) < 4.78 is 3.87. The molecule has 0 aromatic carbocycles. The highest BCUT2D eigenvalue weighted by Crippen LogP contribution is 2.55. The van der Waals surface area contributed by atoms with Gasteiger partial charge in [-0.15, -0.1) is 5.10 Å². The molecule has 1 N–H and O–H groups in total. The maximum atomic E-state index is 12.4. The topological polar surface area (TPSA) is 54.9 Å². The molecule has 4 nitrogen and oxygen atoms in total. The lowest BCUT2D eigenvalue weighted by molar-refractivity contribution is -0.0166. The van der Waals surface area contributed by atoms with Gasteiger partial charge in [-0.25, -0.2) is 0 Å². The molecule has 0 atom stereocenters. The lowest BCUT2D eigenvalue weighted by Crippen LogP contribution is -2.59. The second kappa shape index (κ2) is 4.01. The minimum atomic E-state index is 0.0504. The van der Waals surface area contributed by atoms with Crippen molar-refractivity contribution in [1.82, 2.24) is 14.9 Å². The predicted octanol–water partition coefficient (Wildman–Crippen LogP) is 2.55. The van der Waals surface area contributed by atoms with Gasteiger partial charge in [0.05, 0.1) is 5.69 Å².